The van der Waals surface area contributed by atoms with Gasteiger partial charge in [-0.1, -0.05) is 12.1 Å². The van der Waals surface area contributed by atoms with Crippen LogP contribution in [0.3, 0.4) is 0 Å². The lowest BCUT2D eigenvalue weighted by Crippen LogP contribution is -3.12. The largest absolute Gasteiger partial charge is 0.507 e. The third-order valence-corrected chi connectivity index (χ3v) is 5.25. The summed E-state index contributed by atoms with van der Waals surface area (Å²) in [5, 5.41) is 11.1. The summed E-state index contributed by atoms with van der Waals surface area (Å²) in [6.45, 7) is 3.69. The quantitative estimate of drug-likeness (QED) is 0.470. The molecule has 1 fully saturated rings. The molecule has 3 heterocycles. The van der Waals surface area contributed by atoms with Crippen molar-refractivity contribution in [3.63, 3.8) is 0 Å². The Morgan fingerprint density at radius 2 is 1.96 bits per heavy atom. The van der Waals surface area contributed by atoms with Crippen molar-refractivity contribution in [3.8, 4) is 17.1 Å². The van der Waals surface area contributed by atoms with Crippen LogP contribution in [0.1, 0.15) is 5.56 Å². The second-order valence-corrected chi connectivity index (χ2v) is 7.07. The fourth-order valence-corrected chi connectivity index (χ4v) is 3.73. The molecule has 3 N–H and O–H groups in total. The van der Waals surface area contributed by atoms with Crippen LogP contribution in [0.2, 0.25) is 0 Å². The van der Waals surface area contributed by atoms with E-state index in [4.69, 9.17) is 9.15 Å². The van der Waals surface area contributed by atoms with Crippen LogP contribution >= 0.6 is 0 Å². The van der Waals surface area contributed by atoms with E-state index in [1.54, 1.807) is 18.2 Å². The monoisotopic (exact) mass is 378 g/mol. The molecule has 28 heavy (non-hydrogen) atoms. The van der Waals surface area contributed by atoms with E-state index in [0.29, 0.717) is 42.3 Å². The number of morpholine rings is 1. The van der Waals surface area contributed by atoms with Crippen molar-refractivity contribution < 1.29 is 19.2 Å². The zero-order valence-corrected chi connectivity index (χ0v) is 15.2. The maximum absolute atomic E-state index is 12.7. The van der Waals surface area contributed by atoms with Crippen molar-refractivity contribution >= 4 is 22.0 Å². The molecule has 0 spiro atoms. The SMILES string of the molecule is O=c1oc2c(C[NH+]3CCOCC3)c(O)ccc2cc1-c1nc2ccccc2[nH]1. The molecule has 4 aromatic rings. The van der Waals surface area contributed by atoms with Gasteiger partial charge in [0.1, 0.15) is 36.8 Å². The second kappa shape index (κ2) is 6.78. The molecule has 7 heteroatoms. The molecule has 7 nitrogen and oxygen atoms in total. The van der Waals surface area contributed by atoms with Crippen molar-refractivity contribution in [2.75, 3.05) is 26.3 Å². The lowest BCUT2D eigenvalue weighted by Gasteiger charge is -2.24. The number of benzene rings is 2. The van der Waals surface area contributed by atoms with Gasteiger partial charge < -0.3 is 24.1 Å². The van der Waals surface area contributed by atoms with Crippen LogP contribution in [0.15, 0.2) is 51.7 Å². The van der Waals surface area contributed by atoms with Crippen molar-refractivity contribution in [1.82, 2.24) is 9.97 Å². The Balaban J connectivity index is 1.61. The van der Waals surface area contributed by atoms with Crippen LogP contribution < -0.4 is 10.5 Å². The van der Waals surface area contributed by atoms with Gasteiger partial charge >= 0.3 is 5.63 Å². The first-order valence-electron chi connectivity index (χ1n) is 9.34. The highest BCUT2D eigenvalue weighted by Crippen LogP contribution is 2.28. The highest BCUT2D eigenvalue weighted by molar-refractivity contribution is 5.86. The molecule has 0 unspecified atom stereocenters. The Morgan fingerprint density at radius 3 is 2.79 bits per heavy atom. The molecular weight excluding hydrogens is 358 g/mol. The van der Waals surface area contributed by atoms with E-state index in [1.165, 1.54) is 4.90 Å². The number of fused-ring (bicyclic) bond motifs is 2. The summed E-state index contributed by atoms with van der Waals surface area (Å²) in [6.07, 6.45) is 0. The number of aromatic hydroxyl groups is 1. The third-order valence-electron chi connectivity index (χ3n) is 5.25. The fourth-order valence-electron chi connectivity index (χ4n) is 3.73. The number of aromatic nitrogens is 2. The first kappa shape index (κ1) is 17.0. The number of hydrogen-bond acceptors (Lipinski definition) is 5. The predicted octanol–water partition coefficient (Wildman–Crippen LogP) is 1.46. The number of H-pyrrole nitrogens is 1. The van der Waals surface area contributed by atoms with Gasteiger partial charge in [0, 0.05) is 5.39 Å². The summed E-state index contributed by atoms with van der Waals surface area (Å²) in [5.74, 6) is 0.622. The smallest absolute Gasteiger partial charge is 0.347 e. The number of phenols is 1. The van der Waals surface area contributed by atoms with Crippen LogP contribution in [0, 0.1) is 0 Å². The summed E-state index contributed by atoms with van der Waals surface area (Å²) in [7, 11) is 0. The number of phenolic OH excluding ortho intramolecular Hbond substituents is 1. The van der Waals surface area contributed by atoms with Gasteiger partial charge in [0.05, 0.1) is 29.8 Å². The minimum Gasteiger partial charge on any atom is -0.507 e. The number of nitrogens with one attached hydrogen (secondary N) is 2. The lowest BCUT2D eigenvalue weighted by molar-refractivity contribution is -0.921. The van der Waals surface area contributed by atoms with Crippen LogP contribution in [0.25, 0.3) is 33.4 Å². The first-order chi connectivity index (χ1) is 13.7. The highest BCUT2D eigenvalue weighted by Gasteiger charge is 2.21. The maximum Gasteiger partial charge on any atom is 0.347 e. The molecule has 0 aliphatic carbocycles. The molecule has 0 amide bonds. The average Bonchev–Trinajstić information content (AvgIpc) is 3.15. The molecule has 1 aliphatic rings. The Labute approximate surface area is 160 Å². The van der Waals surface area contributed by atoms with E-state index in [2.05, 4.69) is 9.97 Å². The summed E-state index contributed by atoms with van der Waals surface area (Å²) in [6, 6.07) is 12.8. The third kappa shape index (κ3) is 2.94. The highest BCUT2D eigenvalue weighted by atomic mass is 16.5. The Bertz CT molecular complexity index is 1190. The molecule has 0 atom stereocenters. The standard InChI is InChI=1S/C21H19N3O4/c25-18-6-5-13-11-14(20-22-16-3-1-2-4-17(16)23-20)21(26)28-19(13)15(18)12-24-7-9-27-10-8-24/h1-6,11,25H,7-10,12H2,(H,22,23)/p+1. The molecule has 2 aromatic carbocycles. The van der Waals surface area contributed by atoms with Crippen LogP contribution in [-0.4, -0.2) is 41.4 Å². The Morgan fingerprint density at radius 1 is 1.14 bits per heavy atom. The van der Waals surface area contributed by atoms with Crippen molar-refractivity contribution in [1.29, 1.82) is 0 Å². The number of quaternary nitrogens is 1. The first-order valence-corrected chi connectivity index (χ1v) is 9.34. The predicted molar refractivity (Wildman–Crippen MR) is 104 cm³/mol. The van der Waals surface area contributed by atoms with Crippen LogP contribution in [0.5, 0.6) is 5.75 Å². The summed E-state index contributed by atoms with van der Waals surface area (Å²) in [4.78, 5) is 21.7. The lowest BCUT2D eigenvalue weighted by atomic mass is 10.1. The van der Waals surface area contributed by atoms with Gasteiger partial charge in [-0.3, -0.25) is 0 Å². The molecule has 0 saturated carbocycles. The molecular formula is C21H20N3O4+. The van der Waals surface area contributed by atoms with Crippen molar-refractivity contribution in [2.24, 2.45) is 0 Å². The number of aromatic amines is 1. The van der Waals surface area contributed by atoms with Gasteiger partial charge in [-0.05, 0) is 30.3 Å². The zero-order chi connectivity index (χ0) is 19.1. The fraction of sp³-hybridized carbons (Fsp3) is 0.238. The van der Waals surface area contributed by atoms with Crippen molar-refractivity contribution in [3.05, 3.63) is 58.4 Å². The van der Waals surface area contributed by atoms with Crippen LogP contribution in [-0.2, 0) is 11.3 Å². The topological polar surface area (TPSA) is 92.8 Å². The van der Waals surface area contributed by atoms with E-state index in [0.717, 1.165) is 29.5 Å². The molecule has 0 radical (unpaired) electrons. The van der Waals surface area contributed by atoms with E-state index in [9.17, 15) is 9.90 Å². The summed E-state index contributed by atoms with van der Waals surface area (Å²) in [5.41, 5.74) is 2.64. The Kier molecular flexibility index (Phi) is 4.11. The molecule has 0 bridgehead atoms. The number of imidazole rings is 1. The molecule has 1 saturated heterocycles. The molecule has 142 valence electrons. The average molecular weight is 378 g/mol. The number of ether oxygens (including phenoxy) is 1. The van der Waals surface area contributed by atoms with Gasteiger partial charge in [-0.25, -0.2) is 9.78 Å². The number of hydrogen-bond donors (Lipinski definition) is 3. The van der Waals surface area contributed by atoms with Gasteiger partial charge in [0.2, 0.25) is 0 Å². The van der Waals surface area contributed by atoms with E-state index in [1.807, 2.05) is 24.3 Å². The summed E-state index contributed by atoms with van der Waals surface area (Å²) >= 11 is 0. The molecule has 5 rings (SSSR count). The van der Waals surface area contributed by atoms with E-state index in [-0.39, 0.29) is 5.75 Å². The number of rotatable bonds is 3. The maximum atomic E-state index is 12.7. The number of para-hydroxylation sites is 2. The minimum absolute atomic E-state index is 0.145. The molecule has 1 aliphatic heterocycles. The molecule has 2 aromatic heterocycles. The van der Waals surface area contributed by atoms with E-state index >= 15 is 0 Å². The normalized spacial score (nSPS) is 15.4. The van der Waals surface area contributed by atoms with Gasteiger partial charge in [-0.2, -0.15) is 0 Å². The van der Waals surface area contributed by atoms with Gasteiger partial charge in [0.15, 0.2) is 5.58 Å². The van der Waals surface area contributed by atoms with Crippen molar-refractivity contribution in [2.45, 2.75) is 6.54 Å². The number of nitrogens with zero attached hydrogens (tertiary/aromatic N) is 1. The zero-order valence-electron chi connectivity index (χ0n) is 15.2. The van der Waals surface area contributed by atoms with Gasteiger partial charge in [0.25, 0.3) is 0 Å². The van der Waals surface area contributed by atoms with Crippen LogP contribution in [0.4, 0.5) is 0 Å². The second-order valence-electron chi connectivity index (χ2n) is 7.07. The van der Waals surface area contributed by atoms with Gasteiger partial charge in [-0.15, -0.1) is 0 Å². The Hall–Kier alpha value is -3.16. The summed E-state index contributed by atoms with van der Waals surface area (Å²) < 4.78 is 11.1. The minimum atomic E-state index is -0.476. The van der Waals surface area contributed by atoms with E-state index < -0.39 is 5.63 Å².